The number of carbonyl (C=O) groups is 2. The van der Waals surface area contributed by atoms with Crippen LogP contribution in [0.15, 0.2) is 78.9 Å². The number of carbonyl (C=O) groups excluding carboxylic acids is 2. The third-order valence-electron chi connectivity index (χ3n) is 4.97. The van der Waals surface area contributed by atoms with Crippen LogP contribution in [0.3, 0.4) is 0 Å². The van der Waals surface area contributed by atoms with Gasteiger partial charge in [-0.2, -0.15) is 0 Å². The summed E-state index contributed by atoms with van der Waals surface area (Å²) in [5.74, 6) is -0.174. The summed E-state index contributed by atoms with van der Waals surface area (Å²) >= 11 is 12.2. The number of likely N-dealkylation sites (N-methyl/N-ethyl adjacent to an activating group) is 1. The first-order valence-corrected chi connectivity index (χ1v) is 10.9. The second-order valence-electron chi connectivity index (χ2n) is 7.19. The summed E-state index contributed by atoms with van der Waals surface area (Å²) in [6.07, 6.45) is 0.367. The molecule has 3 aromatic carbocycles. The molecule has 0 aromatic heterocycles. The van der Waals surface area contributed by atoms with Gasteiger partial charge in [-0.05, 0) is 35.4 Å². The number of nitrogens with one attached hydrogen (secondary N) is 1. The van der Waals surface area contributed by atoms with E-state index < -0.39 is 6.04 Å². The summed E-state index contributed by atoms with van der Waals surface area (Å²) in [6.45, 7) is -0.0214. The molecule has 0 aliphatic rings. The minimum Gasteiger partial charge on any atom is -0.482 e. The van der Waals surface area contributed by atoms with E-state index in [4.69, 9.17) is 27.9 Å². The van der Waals surface area contributed by atoms with Gasteiger partial charge >= 0.3 is 0 Å². The molecular formula is C25H24Cl2N2O3. The molecular weight excluding hydrogens is 447 g/mol. The topological polar surface area (TPSA) is 58.6 Å². The Kier molecular flexibility index (Phi) is 8.54. The van der Waals surface area contributed by atoms with Crippen molar-refractivity contribution in [3.05, 3.63) is 100 Å². The van der Waals surface area contributed by atoms with E-state index >= 15 is 0 Å². The van der Waals surface area contributed by atoms with Gasteiger partial charge < -0.3 is 15.0 Å². The van der Waals surface area contributed by atoms with E-state index in [2.05, 4.69) is 5.32 Å². The highest BCUT2D eigenvalue weighted by atomic mass is 35.5. The summed E-state index contributed by atoms with van der Waals surface area (Å²) in [7, 11) is 1.56. The number of benzene rings is 3. The molecule has 0 fully saturated rings. The maximum Gasteiger partial charge on any atom is 0.261 e. The van der Waals surface area contributed by atoms with Crippen molar-refractivity contribution in [2.75, 3.05) is 13.7 Å². The maximum absolute atomic E-state index is 13.3. The van der Waals surface area contributed by atoms with Gasteiger partial charge in [-0.15, -0.1) is 0 Å². The minimum absolute atomic E-state index is 0.229. The lowest BCUT2D eigenvalue weighted by Gasteiger charge is -2.31. The summed E-state index contributed by atoms with van der Waals surface area (Å²) in [6, 6.07) is 23.0. The fraction of sp³-hybridized carbons (Fsp3) is 0.200. The van der Waals surface area contributed by atoms with Crippen LogP contribution in [0.25, 0.3) is 0 Å². The number of rotatable bonds is 9. The summed E-state index contributed by atoms with van der Waals surface area (Å²) in [5, 5.41) is 3.69. The number of nitrogens with zero attached hydrogens (tertiary/aromatic N) is 1. The molecule has 166 valence electrons. The van der Waals surface area contributed by atoms with Crippen molar-refractivity contribution in [1.82, 2.24) is 10.2 Å². The van der Waals surface area contributed by atoms with Crippen molar-refractivity contribution in [2.24, 2.45) is 0 Å². The molecule has 0 unspecified atom stereocenters. The molecule has 0 saturated heterocycles. The third kappa shape index (κ3) is 6.49. The molecule has 3 aromatic rings. The van der Waals surface area contributed by atoms with E-state index in [-0.39, 0.29) is 25.0 Å². The van der Waals surface area contributed by atoms with Gasteiger partial charge in [0.1, 0.15) is 11.8 Å². The first-order chi connectivity index (χ1) is 15.5. The van der Waals surface area contributed by atoms with Crippen LogP contribution < -0.4 is 10.1 Å². The van der Waals surface area contributed by atoms with Crippen molar-refractivity contribution in [1.29, 1.82) is 0 Å². The Morgan fingerprint density at radius 3 is 2.22 bits per heavy atom. The van der Waals surface area contributed by atoms with Gasteiger partial charge in [-0.1, -0.05) is 77.8 Å². The lowest BCUT2D eigenvalue weighted by molar-refractivity contribution is -0.142. The molecule has 32 heavy (non-hydrogen) atoms. The Balaban J connectivity index is 1.87. The summed E-state index contributed by atoms with van der Waals surface area (Å²) in [5.41, 5.74) is 1.80. The van der Waals surface area contributed by atoms with E-state index in [1.54, 1.807) is 43.4 Å². The van der Waals surface area contributed by atoms with Crippen molar-refractivity contribution in [3.63, 3.8) is 0 Å². The summed E-state index contributed by atoms with van der Waals surface area (Å²) < 4.78 is 5.67. The number of hydrogen-bond acceptors (Lipinski definition) is 3. The monoisotopic (exact) mass is 470 g/mol. The molecule has 0 heterocycles. The van der Waals surface area contributed by atoms with Crippen LogP contribution in [-0.4, -0.2) is 36.4 Å². The van der Waals surface area contributed by atoms with E-state index in [1.807, 2.05) is 42.5 Å². The lowest BCUT2D eigenvalue weighted by Crippen LogP contribution is -2.51. The van der Waals surface area contributed by atoms with Gasteiger partial charge in [0, 0.05) is 25.0 Å². The predicted molar refractivity (Wildman–Crippen MR) is 127 cm³/mol. The first kappa shape index (κ1) is 23.6. The Morgan fingerprint density at radius 1 is 0.906 bits per heavy atom. The molecule has 1 N–H and O–H groups in total. The number of ether oxygens (including phenoxy) is 1. The fourth-order valence-corrected chi connectivity index (χ4v) is 3.61. The molecule has 0 radical (unpaired) electrons. The second kappa shape index (κ2) is 11.6. The Labute approximate surface area is 197 Å². The first-order valence-electron chi connectivity index (χ1n) is 10.1. The van der Waals surface area contributed by atoms with E-state index in [9.17, 15) is 9.59 Å². The van der Waals surface area contributed by atoms with Gasteiger partial charge in [0.2, 0.25) is 5.91 Å². The van der Waals surface area contributed by atoms with Crippen LogP contribution in [0.5, 0.6) is 5.75 Å². The molecule has 1 atom stereocenters. The molecule has 5 nitrogen and oxygen atoms in total. The van der Waals surface area contributed by atoms with E-state index in [0.717, 1.165) is 11.1 Å². The zero-order chi connectivity index (χ0) is 22.9. The molecule has 7 heteroatoms. The number of halogens is 2. The quantitative estimate of drug-likeness (QED) is 0.490. The van der Waals surface area contributed by atoms with Gasteiger partial charge in [-0.3, -0.25) is 9.59 Å². The van der Waals surface area contributed by atoms with Gasteiger partial charge in [-0.25, -0.2) is 0 Å². The van der Waals surface area contributed by atoms with Crippen LogP contribution >= 0.6 is 23.2 Å². The van der Waals surface area contributed by atoms with Gasteiger partial charge in [0.05, 0.1) is 5.02 Å². The smallest absolute Gasteiger partial charge is 0.261 e. The van der Waals surface area contributed by atoms with Crippen LogP contribution in [0.2, 0.25) is 10.0 Å². The van der Waals surface area contributed by atoms with Crippen molar-refractivity contribution in [3.8, 4) is 5.75 Å². The molecule has 2 amide bonds. The maximum atomic E-state index is 13.3. The average molecular weight is 471 g/mol. The van der Waals surface area contributed by atoms with Crippen LogP contribution in [0.1, 0.15) is 11.1 Å². The summed E-state index contributed by atoms with van der Waals surface area (Å²) in [4.78, 5) is 27.7. The van der Waals surface area contributed by atoms with E-state index in [0.29, 0.717) is 22.2 Å². The van der Waals surface area contributed by atoms with Crippen molar-refractivity contribution >= 4 is 35.0 Å². The predicted octanol–water partition coefficient (Wildman–Crippen LogP) is 4.76. The fourth-order valence-electron chi connectivity index (χ4n) is 3.29. The number of para-hydroxylation sites is 1. The zero-order valence-corrected chi connectivity index (χ0v) is 19.1. The van der Waals surface area contributed by atoms with E-state index in [1.165, 1.54) is 4.90 Å². The molecule has 0 spiro atoms. The molecule has 0 aliphatic heterocycles. The molecule has 0 aliphatic carbocycles. The normalized spacial score (nSPS) is 11.5. The molecule has 0 bridgehead atoms. The standard InChI is InChI=1S/C25H24Cl2N2O3/c1-28-25(31)22(15-18-7-3-2-4-8-18)29(16-19-11-13-20(26)14-12-19)24(30)17-32-23-10-6-5-9-21(23)27/h2-14,22H,15-17H2,1H3,(H,28,31)/t22-/m1/s1. The highest BCUT2D eigenvalue weighted by Gasteiger charge is 2.30. The number of hydrogen-bond donors (Lipinski definition) is 1. The minimum atomic E-state index is -0.722. The van der Waals surface area contributed by atoms with Crippen LogP contribution in [0, 0.1) is 0 Å². The zero-order valence-electron chi connectivity index (χ0n) is 17.6. The number of amides is 2. The highest BCUT2D eigenvalue weighted by molar-refractivity contribution is 6.32. The van der Waals surface area contributed by atoms with Crippen LogP contribution in [-0.2, 0) is 22.6 Å². The lowest BCUT2D eigenvalue weighted by atomic mass is 10.0. The van der Waals surface area contributed by atoms with Crippen molar-refractivity contribution in [2.45, 2.75) is 19.0 Å². The Morgan fingerprint density at radius 2 is 1.56 bits per heavy atom. The highest BCUT2D eigenvalue weighted by Crippen LogP contribution is 2.23. The third-order valence-corrected chi connectivity index (χ3v) is 5.54. The second-order valence-corrected chi connectivity index (χ2v) is 8.03. The average Bonchev–Trinajstić information content (AvgIpc) is 2.82. The SMILES string of the molecule is CNC(=O)[C@@H](Cc1ccccc1)N(Cc1ccc(Cl)cc1)C(=O)COc1ccccc1Cl. The van der Waals surface area contributed by atoms with Crippen LogP contribution in [0.4, 0.5) is 0 Å². The largest absolute Gasteiger partial charge is 0.482 e. The Bertz CT molecular complexity index is 1040. The Hall–Kier alpha value is -3.02. The van der Waals surface area contributed by atoms with Gasteiger partial charge in [0.25, 0.3) is 5.91 Å². The van der Waals surface area contributed by atoms with Crippen molar-refractivity contribution < 1.29 is 14.3 Å². The molecule has 0 saturated carbocycles. The molecule has 3 rings (SSSR count). The van der Waals surface area contributed by atoms with Gasteiger partial charge in [0.15, 0.2) is 6.61 Å².